The molecule has 4 aromatic carbocycles. The predicted octanol–water partition coefficient (Wildman–Crippen LogP) is 9.11. The standard InChI is InChI=1S/C38H30N4O/c39-22-23-9-14-33-32(18-23)30-7-4-8-31(34(30)43-33)37-41-35(27-5-2-1-3-6-27)40-36(42-37)28-10-12-29(13-11-28)38-19-24-15-25(20-38)17-26(16-24)21-38/h1-14,18,24-26H,15-17,19-21H2/t24-,25+,26-,38?. The Bertz CT molecular complexity index is 2030. The van der Waals surface area contributed by atoms with E-state index in [1.165, 1.54) is 44.1 Å². The zero-order valence-corrected chi connectivity index (χ0v) is 23.8. The second-order valence-electron chi connectivity index (χ2n) is 13.1. The van der Waals surface area contributed by atoms with Gasteiger partial charge in [0, 0.05) is 21.9 Å². The highest BCUT2D eigenvalue weighted by molar-refractivity contribution is 6.09. The smallest absolute Gasteiger partial charge is 0.167 e. The number of hydrogen-bond donors (Lipinski definition) is 0. The minimum atomic E-state index is 0.356. The highest BCUT2D eigenvalue weighted by Gasteiger charge is 2.51. The van der Waals surface area contributed by atoms with Crippen LogP contribution in [0.25, 0.3) is 56.1 Å². The fourth-order valence-electron chi connectivity index (χ4n) is 8.82. The van der Waals surface area contributed by atoms with Gasteiger partial charge in [-0.1, -0.05) is 66.7 Å². The molecule has 0 radical (unpaired) electrons. The van der Waals surface area contributed by atoms with E-state index in [0.29, 0.717) is 34.0 Å². The molecule has 0 spiro atoms. The quantitative estimate of drug-likeness (QED) is 0.216. The third-order valence-electron chi connectivity index (χ3n) is 10.3. The van der Waals surface area contributed by atoms with Gasteiger partial charge in [0.1, 0.15) is 11.2 Å². The average molecular weight is 559 g/mol. The first-order valence-electron chi connectivity index (χ1n) is 15.4. The lowest BCUT2D eigenvalue weighted by Gasteiger charge is -2.57. The number of furan rings is 1. The molecule has 43 heavy (non-hydrogen) atoms. The maximum Gasteiger partial charge on any atom is 0.167 e. The molecule has 2 heterocycles. The summed E-state index contributed by atoms with van der Waals surface area (Å²) < 4.78 is 6.35. The number of aromatic nitrogens is 3. The largest absolute Gasteiger partial charge is 0.455 e. The Labute approximate surface area is 250 Å². The number of nitrogens with zero attached hydrogens (tertiary/aromatic N) is 4. The zero-order chi connectivity index (χ0) is 28.5. The summed E-state index contributed by atoms with van der Waals surface area (Å²) in [6, 6.07) is 33.0. The maximum absolute atomic E-state index is 9.46. The Kier molecular flexibility index (Phi) is 5.38. The van der Waals surface area contributed by atoms with Crippen molar-refractivity contribution >= 4 is 21.9 Å². The van der Waals surface area contributed by atoms with Crippen molar-refractivity contribution in [2.45, 2.75) is 43.9 Å². The first-order chi connectivity index (χ1) is 21.1. The summed E-state index contributed by atoms with van der Waals surface area (Å²) in [5, 5.41) is 11.3. The zero-order valence-electron chi connectivity index (χ0n) is 23.8. The lowest BCUT2D eigenvalue weighted by atomic mass is 9.48. The molecular formula is C38H30N4O. The van der Waals surface area contributed by atoms with Gasteiger partial charge >= 0.3 is 0 Å². The van der Waals surface area contributed by atoms with Gasteiger partial charge in [-0.2, -0.15) is 5.26 Å². The Hall–Kier alpha value is -4.82. The van der Waals surface area contributed by atoms with E-state index in [0.717, 1.165) is 50.8 Å². The SMILES string of the molecule is N#Cc1ccc2oc3c(-c4nc(-c5ccccc5)nc(-c5ccc(C67C[C@H]8C[C@@H](C6)C[C@@H](C7)C8)cc5)n4)cccc3c2c1. The summed E-state index contributed by atoms with van der Waals surface area (Å²) in [5.41, 5.74) is 6.63. The van der Waals surface area contributed by atoms with Crippen LogP contribution in [-0.2, 0) is 5.41 Å². The van der Waals surface area contributed by atoms with Gasteiger partial charge in [-0.05, 0) is 91.5 Å². The fraction of sp³-hybridized carbons (Fsp3) is 0.263. The molecule has 5 heteroatoms. The van der Waals surface area contributed by atoms with Gasteiger partial charge in [0.25, 0.3) is 0 Å². The van der Waals surface area contributed by atoms with E-state index in [1.807, 2.05) is 60.7 Å². The van der Waals surface area contributed by atoms with E-state index in [9.17, 15) is 5.26 Å². The van der Waals surface area contributed by atoms with Crippen LogP contribution >= 0.6 is 0 Å². The molecule has 4 fully saturated rings. The summed E-state index contributed by atoms with van der Waals surface area (Å²) in [6.07, 6.45) is 8.40. The van der Waals surface area contributed by atoms with Gasteiger partial charge in [-0.25, -0.2) is 15.0 Å². The number of para-hydroxylation sites is 1. The Morgan fingerprint density at radius 1 is 0.651 bits per heavy atom. The van der Waals surface area contributed by atoms with Crippen molar-refractivity contribution in [2.24, 2.45) is 17.8 Å². The van der Waals surface area contributed by atoms with E-state index >= 15 is 0 Å². The molecule has 0 saturated heterocycles. The van der Waals surface area contributed by atoms with Crippen molar-refractivity contribution in [3.63, 3.8) is 0 Å². The van der Waals surface area contributed by atoms with Crippen LogP contribution in [0.5, 0.6) is 0 Å². The summed E-state index contributed by atoms with van der Waals surface area (Å²) in [7, 11) is 0. The molecule has 10 rings (SSSR count). The summed E-state index contributed by atoms with van der Waals surface area (Å²) >= 11 is 0. The molecule has 0 atom stereocenters. The van der Waals surface area contributed by atoms with Crippen molar-refractivity contribution in [3.05, 3.63) is 102 Å². The molecule has 4 aliphatic rings. The number of nitriles is 1. The molecule has 0 amide bonds. The summed E-state index contributed by atoms with van der Waals surface area (Å²) in [6.45, 7) is 0. The Balaban J connectivity index is 1.17. The molecule has 4 bridgehead atoms. The lowest BCUT2D eigenvalue weighted by Crippen LogP contribution is -2.48. The maximum atomic E-state index is 9.46. The highest BCUT2D eigenvalue weighted by Crippen LogP contribution is 2.60. The van der Waals surface area contributed by atoms with E-state index in [1.54, 1.807) is 6.07 Å². The van der Waals surface area contributed by atoms with Gasteiger partial charge in [-0.15, -0.1) is 0 Å². The first kappa shape index (κ1) is 24.7. The molecular weight excluding hydrogens is 528 g/mol. The molecule has 0 unspecified atom stereocenters. The predicted molar refractivity (Wildman–Crippen MR) is 168 cm³/mol. The van der Waals surface area contributed by atoms with Crippen LogP contribution in [0.4, 0.5) is 0 Å². The van der Waals surface area contributed by atoms with Gasteiger partial charge in [0.15, 0.2) is 17.5 Å². The van der Waals surface area contributed by atoms with Gasteiger partial charge in [0.05, 0.1) is 17.2 Å². The van der Waals surface area contributed by atoms with Crippen LogP contribution in [0.1, 0.15) is 49.7 Å². The molecule has 4 saturated carbocycles. The van der Waals surface area contributed by atoms with E-state index < -0.39 is 0 Å². The third-order valence-corrected chi connectivity index (χ3v) is 10.3. The van der Waals surface area contributed by atoms with Gasteiger partial charge < -0.3 is 4.42 Å². The van der Waals surface area contributed by atoms with Crippen molar-refractivity contribution < 1.29 is 4.42 Å². The van der Waals surface area contributed by atoms with Crippen LogP contribution in [0.15, 0.2) is 95.4 Å². The van der Waals surface area contributed by atoms with Gasteiger partial charge in [-0.3, -0.25) is 0 Å². The lowest BCUT2D eigenvalue weighted by molar-refractivity contribution is -0.00518. The summed E-state index contributed by atoms with van der Waals surface area (Å²) in [4.78, 5) is 15.0. The highest BCUT2D eigenvalue weighted by atomic mass is 16.3. The molecule has 6 aromatic rings. The van der Waals surface area contributed by atoms with Crippen LogP contribution in [-0.4, -0.2) is 15.0 Å². The summed E-state index contributed by atoms with van der Waals surface area (Å²) in [5.74, 6) is 4.60. The van der Waals surface area contributed by atoms with Crippen LogP contribution in [0, 0.1) is 29.1 Å². The van der Waals surface area contributed by atoms with E-state index in [-0.39, 0.29) is 0 Å². The van der Waals surface area contributed by atoms with Crippen molar-refractivity contribution in [2.75, 3.05) is 0 Å². The molecule has 2 aromatic heterocycles. The molecule has 4 aliphatic carbocycles. The molecule has 5 nitrogen and oxygen atoms in total. The second-order valence-corrected chi connectivity index (χ2v) is 13.1. The average Bonchev–Trinajstić information content (AvgIpc) is 3.42. The van der Waals surface area contributed by atoms with Crippen molar-refractivity contribution in [1.82, 2.24) is 15.0 Å². The fourth-order valence-corrected chi connectivity index (χ4v) is 8.82. The number of fused-ring (bicyclic) bond motifs is 3. The van der Waals surface area contributed by atoms with Crippen LogP contribution in [0.2, 0.25) is 0 Å². The Morgan fingerprint density at radius 3 is 1.98 bits per heavy atom. The minimum absolute atomic E-state index is 0.356. The third kappa shape index (κ3) is 4.01. The number of rotatable bonds is 4. The normalized spacial score (nSPS) is 24.0. The number of hydrogen-bond acceptors (Lipinski definition) is 5. The topological polar surface area (TPSA) is 75.6 Å². The molecule has 0 aliphatic heterocycles. The monoisotopic (exact) mass is 558 g/mol. The van der Waals surface area contributed by atoms with Crippen molar-refractivity contribution in [3.8, 4) is 40.2 Å². The second kappa shape index (κ2) is 9.34. The molecule has 0 N–H and O–H groups in total. The molecule has 208 valence electrons. The first-order valence-corrected chi connectivity index (χ1v) is 15.4. The van der Waals surface area contributed by atoms with E-state index in [4.69, 9.17) is 19.4 Å². The Morgan fingerprint density at radius 2 is 1.30 bits per heavy atom. The van der Waals surface area contributed by atoms with Crippen molar-refractivity contribution in [1.29, 1.82) is 5.26 Å². The van der Waals surface area contributed by atoms with E-state index in [2.05, 4.69) is 30.3 Å². The number of benzene rings is 4. The minimum Gasteiger partial charge on any atom is -0.455 e. The van der Waals surface area contributed by atoms with Crippen LogP contribution < -0.4 is 0 Å². The van der Waals surface area contributed by atoms with Crippen LogP contribution in [0.3, 0.4) is 0 Å². The van der Waals surface area contributed by atoms with Gasteiger partial charge in [0.2, 0.25) is 0 Å².